The quantitative estimate of drug-likeness (QED) is 0.347. The molecule has 4 rings (SSSR count). The van der Waals surface area contributed by atoms with E-state index in [1.54, 1.807) is 74.7 Å². The van der Waals surface area contributed by atoms with Gasteiger partial charge in [-0.2, -0.15) is 10.4 Å². The van der Waals surface area contributed by atoms with Crippen LogP contribution in [0.15, 0.2) is 48.2 Å². The number of esters is 1. The molecule has 11 heteroatoms. The van der Waals surface area contributed by atoms with Crippen molar-refractivity contribution in [2.75, 3.05) is 7.11 Å². The molecule has 1 amide bonds. The van der Waals surface area contributed by atoms with Crippen LogP contribution in [-0.4, -0.2) is 55.6 Å². The minimum atomic E-state index is -1.90. The summed E-state index contributed by atoms with van der Waals surface area (Å²) in [5, 5.41) is 17.1. The maximum absolute atomic E-state index is 14.9. The molecule has 0 N–H and O–H groups in total. The van der Waals surface area contributed by atoms with Crippen molar-refractivity contribution in [1.29, 1.82) is 5.26 Å². The van der Waals surface area contributed by atoms with Crippen LogP contribution >= 0.6 is 11.3 Å². The highest BCUT2D eigenvalue weighted by atomic mass is 32.1. The van der Waals surface area contributed by atoms with Crippen LogP contribution in [0, 0.1) is 16.7 Å². The van der Waals surface area contributed by atoms with E-state index < -0.39 is 34.5 Å². The van der Waals surface area contributed by atoms with Gasteiger partial charge in [0.25, 0.3) is 5.91 Å². The fraction of sp³-hybridized carbons (Fsp3) is 0.484. The van der Waals surface area contributed by atoms with E-state index in [4.69, 9.17) is 9.47 Å². The van der Waals surface area contributed by atoms with Gasteiger partial charge in [0.15, 0.2) is 5.78 Å². The number of carbonyl (C=O) groups is 3. The van der Waals surface area contributed by atoms with Gasteiger partial charge in [0.2, 0.25) is 5.60 Å². The fourth-order valence-corrected chi connectivity index (χ4v) is 6.68. The molecule has 0 saturated carbocycles. The summed E-state index contributed by atoms with van der Waals surface area (Å²) in [6.07, 6.45) is 4.56. The number of aromatic nitrogens is 3. The van der Waals surface area contributed by atoms with Crippen LogP contribution < -0.4 is 4.74 Å². The Morgan fingerprint density at radius 2 is 1.88 bits per heavy atom. The van der Waals surface area contributed by atoms with Crippen molar-refractivity contribution in [3.63, 3.8) is 0 Å². The Morgan fingerprint density at radius 3 is 2.38 bits per heavy atom. The Hall–Kier alpha value is -4.04. The topological polar surface area (TPSA) is 127 Å². The molecule has 42 heavy (non-hydrogen) atoms. The summed E-state index contributed by atoms with van der Waals surface area (Å²) in [4.78, 5) is 47.9. The van der Waals surface area contributed by atoms with Crippen molar-refractivity contribution >= 4 is 29.0 Å². The number of carbonyl (C=O) groups excluding carboxylic acids is 3. The highest BCUT2D eigenvalue weighted by Crippen LogP contribution is 2.55. The number of methoxy groups -OCH3 is 1. The van der Waals surface area contributed by atoms with Crippen molar-refractivity contribution < 1.29 is 23.9 Å². The van der Waals surface area contributed by atoms with Gasteiger partial charge in [-0.1, -0.05) is 47.6 Å². The lowest BCUT2D eigenvalue weighted by Gasteiger charge is -2.42. The molecule has 0 aliphatic carbocycles. The molecule has 0 bridgehead atoms. The summed E-state index contributed by atoms with van der Waals surface area (Å²) in [6.45, 7) is 12.6. The minimum Gasteiger partial charge on any atom is -0.496 e. The van der Waals surface area contributed by atoms with E-state index in [1.807, 2.05) is 26.8 Å². The summed E-state index contributed by atoms with van der Waals surface area (Å²) in [5.74, 6) is -1.02. The Bertz CT molecular complexity index is 1510. The third-order valence-corrected chi connectivity index (χ3v) is 8.31. The molecule has 1 saturated heterocycles. The third kappa shape index (κ3) is 5.43. The molecule has 3 unspecified atom stereocenters. The summed E-state index contributed by atoms with van der Waals surface area (Å²) >= 11 is 1.22. The molecule has 10 nitrogen and oxygen atoms in total. The molecule has 1 fully saturated rings. The van der Waals surface area contributed by atoms with Crippen LogP contribution in [0.1, 0.15) is 81.9 Å². The van der Waals surface area contributed by atoms with Gasteiger partial charge < -0.3 is 14.4 Å². The van der Waals surface area contributed by atoms with E-state index in [-0.39, 0.29) is 29.7 Å². The number of ether oxygens (including phenoxy) is 2. The van der Waals surface area contributed by atoms with Gasteiger partial charge in [-0.05, 0) is 29.2 Å². The highest BCUT2D eigenvalue weighted by molar-refractivity contribution is 7.09. The number of rotatable bonds is 7. The van der Waals surface area contributed by atoms with Crippen LogP contribution in [0.3, 0.4) is 0 Å². The largest absolute Gasteiger partial charge is 0.496 e. The van der Waals surface area contributed by atoms with Crippen molar-refractivity contribution in [1.82, 2.24) is 19.7 Å². The molecular weight excluding hydrogens is 554 g/mol. The van der Waals surface area contributed by atoms with Gasteiger partial charge in [0, 0.05) is 48.3 Å². The predicted octanol–water partition coefficient (Wildman–Crippen LogP) is 5.11. The van der Waals surface area contributed by atoms with Crippen molar-refractivity contribution in [2.45, 2.75) is 84.0 Å². The van der Waals surface area contributed by atoms with E-state index in [2.05, 4.69) is 16.2 Å². The minimum absolute atomic E-state index is 0.0639. The maximum Gasteiger partial charge on any atom is 0.304 e. The molecule has 222 valence electrons. The SMILES string of the molecule is COc1cc(C(=O)N2C(c3nccs3)C(C#N)(OC(C)=O)CC2(Cn2cccn2)C(=O)C(C)(C)C)ccc1C(C)(C)C. The van der Waals surface area contributed by atoms with Crippen LogP contribution in [0.2, 0.25) is 0 Å². The number of hydrogen-bond acceptors (Lipinski definition) is 9. The van der Waals surface area contributed by atoms with Gasteiger partial charge in [-0.25, -0.2) is 4.98 Å². The molecule has 0 spiro atoms. The zero-order chi connectivity index (χ0) is 31.1. The van der Waals surface area contributed by atoms with Crippen LogP contribution in [0.25, 0.3) is 0 Å². The van der Waals surface area contributed by atoms with Crippen molar-refractivity contribution in [3.05, 3.63) is 64.4 Å². The average Bonchev–Trinajstić information content (AvgIpc) is 3.67. The lowest BCUT2D eigenvalue weighted by atomic mass is 9.74. The first kappa shape index (κ1) is 30.9. The number of hydrogen-bond donors (Lipinski definition) is 0. The van der Waals surface area contributed by atoms with Crippen molar-refractivity contribution in [3.8, 4) is 11.8 Å². The molecule has 2 aromatic heterocycles. The first-order chi connectivity index (χ1) is 19.6. The zero-order valence-corrected chi connectivity index (χ0v) is 26.1. The molecule has 1 aliphatic rings. The predicted molar refractivity (Wildman–Crippen MR) is 157 cm³/mol. The molecule has 0 radical (unpaired) electrons. The Morgan fingerprint density at radius 1 is 1.17 bits per heavy atom. The van der Waals surface area contributed by atoms with E-state index in [0.29, 0.717) is 10.8 Å². The molecule has 1 aliphatic heterocycles. The standard InChI is InChI=1S/C31H37N5O5S/c1-20(37)41-31(18-32)17-30(27(39)29(5,6)7,19-35-14-9-12-34-35)36(24(31)25-33-13-15-42-25)26(38)21-10-11-22(28(2,3)4)23(16-21)40-8/h9-16,24H,17,19H2,1-8H3. The monoisotopic (exact) mass is 591 g/mol. The van der Waals surface area contributed by atoms with Gasteiger partial charge in [0.05, 0.1) is 13.7 Å². The van der Waals surface area contributed by atoms with Crippen LogP contribution in [0.4, 0.5) is 0 Å². The van der Waals surface area contributed by atoms with E-state index in [0.717, 1.165) is 5.56 Å². The summed E-state index contributed by atoms with van der Waals surface area (Å²) in [7, 11) is 1.54. The number of Topliss-reactive ketones (excluding diaryl/α,β-unsaturated/α-hetero) is 1. The zero-order valence-electron chi connectivity index (χ0n) is 25.3. The number of nitriles is 1. The lowest BCUT2D eigenvalue weighted by molar-refractivity contribution is -0.153. The van der Waals surface area contributed by atoms with Gasteiger partial charge in [0.1, 0.15) is 28.4 Å². The first-order valence-electron chi connectivity index (χ1n) is 13.6. The van der Waals surface area contributed by atoms with Crippen molar-refractivity contribution in [2.24, 2.45) is 5.41 Å². The molecular formula is C31H37N5O5S. The summed E-state index contributed by atoms with van der Waals surface area (Å²) in [6, 6.07) is 7.93. The normalized spacial score (nSPS) is 22.5. The van der Waals surface area contributed by atoms with Gasteiger partial charge >= 0.3 is 5.97 Å². The molecule has 1 aromatic carbocycles. The number of nitrogens with zero attached hydrogens (tertiary/aromatic N) is 5. The number of thiazole rings is 1. The maximum atomic E-state index is 14.9. The number of amides is 1. The van der Waals surface area contributed by atoms with Gasteiger partial charge in [-0.15, -0.1) is 11.3 Å². The second-order valence-electron chi connectivity index (χ2n) is 12.7. The smallest absolute Gasteiger partial charge is 0.304 e. The second-order valence-corrected chi connectivity index (χ2v) is 13.6. The fourth-order valence-electron chi connectivity index (χ4n) is 5.87. The number of ketones is 1. The Balaban J connectivity index is 2.06. The summed E-state index contributed by atoms with van der Waals surface area (Å²) in [5.41, 5.74) is -3.60. The number of likely N-dealkylation sites (tertiary alicyclic amines) is 1. The van der Waals surface area contributed by atoms with Crippen LogP contribution in [0.5, 0.6) is 5.75 Å². The molecule has 3 atom stereocenters. The molecule has 3 aromatic rings. The second kappa shape index (κ2) is 11.0. The summed E-state index contributed by atoms with van der Waals surface area (Å²) < 4.78 is 13.1. The van der Waals surface area contributed by atoms with E-state index in [1.165, 1.54) is 23.2 Å². The Kier molecular flexibility index (Phi) is 8.08. The van der Waals surface area contributed by atoms with E-state index >= 15 is 0 Å². The lowest BCUT2D eigenvalue weighted by Crippen LogP contribution is -2.59. The Labute approximate surface area is 250 Å². The number of benzene rings is 1. The highest BCUT2D eigenvalue weighted by Gasteiger charge is 2.69. The average molecular weight is 592 g/mol. The van der Waals surface area contributed by atoms with E-state index in [9.17, 15) is 19.6 Å². The molecule has 3 heterocycles. The van der Waals surface area contributed by atoms with Gasteiger partial charge in [-0.3, -0.25) is 19.1 Å². The first-order valence-corrected chi connectivity index (χ1v) is 14.5. The third-order valence-electron chi connectivity index (χ3n) is 7.48. The van der Waals surface area contributed by atoms with Crippen LogP contribution in [-0.2, 0) is 26.3 Å².